The first kappa shape index (κ1) is 14.1. The molecule has 0 radical (unpaired) electrons. The minimum Gasteiger partial charge on any atom is -0.494 e. The zero-order valence-electron chi connectivity index (χ0n) is 12.1. The van der Waals surface area contributed by atoms with E-state index in [9.17, 15) is 0 Å². The quantitative estimate of drug-likeness (QED) is 0.873. The van der Waals surface area contributed by atoms with Gasteiger partial charge in [-0.2, -0.15) is 0 Å². The normalized spacial score (nSPS) is 10.6. The Hall–Kier alpha value is -2.30. The first-order valence-corrected chi connectivity index (χ1v) is 6.73. The Morgan fingerprint density at radius 3 is 2.50 bits per heavy atom. The fraction of sp³-hybridized carbons (Fsp3) is 0.333. The van der Waals surface area contributed by atoms with E-state index in [4.69, 9.17) is 10.5 Å². The number of aromatic nitrogens is 2. The molecule has 1 aromatic carbocycles. The Kier molecular flexibility index (Phi) is 4.40. The van der Waals surface area contributed by atoms with E-state index in [1.807, 2.05) is 45.0 Å². The maximum Gasteiger partial charge on any atom is 0.136 e. The highest BCUT2D eigenvalue weighted by Crippen LogP contribution is 2.21. The largest absolute Gasteiger partial charge is 0.494 e. The van der Waals surface area contributed by atoms with Gasteiger partial charge in [-0.1, -0.05) is 13.8 Å². The molecule has 5 heteroatoms. The van der Waals surface area contributed by atoms with E-state index in [2.05, 4.69) is 15.3 Å². The Balaban J connectivity index is 2.16. The lowest BCUT2D eigenvalue weighted by atomic mass is 10.2. The first-order valence-electron chi connectivity index (χ1n) is 6.73. The minimum absolute atomic E-state index is 0.236. The van der Waals surface area contributed by atoms with E-state index in [0.717, 1.165) is 17.3 Å². The zero-order valence-corrected chi connectivity index (χ0v) is 12.1. The van der Waals surface area contributed by atoms with Crippen molar-refractivity contribution in [2.24, 2.45) is 0 Å². The van der Waals surface area contributed by atoms with Gasteiger partial charge < -0.3 is 15.8 Å². The summed E-state index contributed by atoms with van der Waals surface area (Å²) in [5, 5.41) is 3.22. The summed E-state index contributed by atoms with van der Waals surface area (Å²) in [7, 11) is 0. The van der Waals surface area contributed by atoms with Crippen molar-refractivity contribution in [2.45, 2.75) is 26.7 Å². The van der Waals surface area contributed by atoms with Crippen LogP contribution in [0.25, 0.3) is 0 Å². The van der Waals surface area contributed by atoms with Crippen LogP contribution in [-0.2, 0) is 0 Å². The Morgan fingerprint density at radius 1 is 1.20 bits per heavy atom. The molecule has 0 fully saturated rings. The molecule has 0 aliphatic heterocycles. The lowest BCUT2D eigenvalue weighted by Crippen LogP contribution is -2.04. The molecule has 0 amide bonds. The van der Waals surface area contributed by atoms with Gasteiger partial charge in [-0.05, 0) is 31.2 Å². The van der Waals surface area contributed by atoms with E-state index in [-0.39, 0.29) is 5.92 Å². The van der Waals surface area contributed by atoms with Gasteiger partial charge in [-0.15, -0.1) is 0 Å². The molecule has 0 aliphatic rings. The molecule has 0 saturated carbocycles. The number of ether oxygens (including phenoxy) is 1. The van der Waals surface area contributed by atoms with Crippen LogP contribution in [0.1, 0.15) is 32.5 Å². The van der Waals surface area contributed by atoms with Crippen molar-refractivity contribution in [1.82, 2.24) is 9.97 Å². The number of rotatable bonds is 5. The van der Waals surface area contributed by atoms with Gasteiger partial charge in [0.05, 0.1) is 6.61 Å². The van der Waals surface area contributed by atoms with Gasteiger partial charge in [-0.25, -0.2) is 9.97 Å². The smallest absolute Gasteiger partial charge is 0.136 e. The minimum atomic E-state index is 0.236. The van der Waals surface area contributed by atoms with Crippen molar-refractivity contribution >= 4 is 17.3 Å². The van der Waals surface area contributed by atoms with E-state index >= 15 is 0 Å². The van der Waals surface area contributed by atoms with Gasteiger partial charge in [0.25, 0.3) is 0 Å². The average molecular weight is 272 g/mol. The lowest BCUT2D eigenvalue weighted by molar-refractivity contribution is 0.340. The monoisotopic (exact) mass is 272 g/mol. The fourth-order valence-corrected chi connectivity index (χ4v) is 1.76. The molecule has 1 aromatic heterocycles. The molecule has 0 atom stereocenters. The van der Waals surface area contributed by atoms with Crippen LogP contribution < -0.4 is 15.8 Å². The maximum atomic E-state index is 5.80. The highest BCUT2D eigenvalue weighted by atomic mass is 16.5. The summed E-state index contributed by atoms with van der Waals surface area (Å²) in [5.74, 6) is 2.99. The standard InChI is InChI=1S/C15H20N4O/c1-4-20-12-7-5-11(6-8-12)17-14-9-13(16)18-15(19-14)10(2)3/h5-10H,4H2,1-3H3,(H3,16,17,18,19). The highest BCUT2D eigenvalue weighted by molar-refractivity contribution is 5.59. The van der Waals surface area contributed by atoms with Gasteiger partial charge in [0.15, 0.2) is 0 Å². The van der Waals surface area contributed by atoms with Crippen molar-refractivity contribution in [1.29, 1.82) is 0 Å². The predicted octanol–water partition coefficient (Wildman–Crippen LogP) is 3.32. The Labute approximate surface area is 119 Å². The highest BCUT2D eigenvalue weighted by Gasteiger charge is 2.06. The number of anilines is 3. The molecular weight excluding hydrogens is 252 g/mol. The fourth-order valence-electron chi connectivity index (χ4n) is 1.76. The van der Waals surface area contributed by atoms with Gasteiger partial charge >= 0.3 is 0 Å². The third kappa shape index (κ3) is 3.60. The zero-order chi connectivity index (χ0) is 14.5. The Morgan fingerprint density at radius 2 is 1.90 bits per heavy atom. The molecule has 2 aromatic rings. The Bertz CT molecular complexity index is 567. The molecule has 1 heterocycles. The van der Waals surface area contributed by atoms with Gasteiger partial charge in [0.2, 0.25) is 0 Å². The number of nitrogen functional groups attached to an aromatic ring is 1. The molecule has 0 bridgehead atoms. The van der Waals surface area contributed by atoms with E-state index < -0.39 is 0 Å². The third-order valence-electron chi connectivity index (χ3n) is 2.72. The summed E-state index contributed by atoms with van der Waals surface area (Å²) in [6.45, 7) is 6.70. The van der Waals surface area contributed by atoms with Crippen molar-refractivity contribution in [3.05, 3.63) is 36.2 Å². The number of hydrogen-bond acceptors (Lipinski definition) is 5. The third-order valence-corrected chi connectivity index (χ3v) is 2.72. The lowest BCUT2D eigenvalue weighted by Gasteiger charge is -2.10. The van der Waals surface area contributed by atoms with Crippen LogP contribution in [-0.4, -0.2) is 16.6 Å². The molecule has 20 heavy (non-hydrogen) atoms. The second kappa shape index (κ2) is 6.23. The molecule has 3 N–H and O–H groups in total. The van der Waals surface area contributed by atoms with Crippen LogP contribution in [0.5, 0.6) is 5.75 Å². The summed E-state index contributed by atoms with van der Waals surface area (Å²) in [6.07, 6.45) is 0. The second-order valence-electron chi connectivity index (χ2n) is 4.77. The summed E-state index contributed by atoms with van der Waals surface area (Å²) >= 11 is 0. The van der Waals surface area contributed by atoms with E-state index in [1.54, 1.807) is 6.07 Å². The van der Waals surface area contributed by atoms with E-state index in [1.165, 1.54) is 0 Å². The van der Waals surface area contributed by atoms with Crippen molar-refractivity contribution in [2.75, 3.05) is 17.7 Å². The molecule has 0 saturated heterocycles. The number of nitrogens with one attached hydrogen (secondary N) is 1. The second-order valence-corrected chi connectivity index (χ2v) is 4.77. The number of benzene rings is 1. The number of hydrogen-bond donors (Lipinski definition) is 2. The molecule has 2 rings (SSSR count). The van der Waals surface area contributed by atoms with E-state index in [0.29, 0.717) is 18.2 Å². The van der Waals surface area contributed by atoms with Crippen molar-refractivity contribution in [3.8, 4) is 5.75 Å². The molecule has 0 aliphatic carbocycles. The van der Waals surface area contributed by atoms with Crippen LogP contribution in [0, 0.1) is 0 Å². The van der Waals surface area contributed by atoms with Crippen LogP contribution in [0.2, 0.25) is 0 Å². The molecular formula is C15H20N4O. The summed E-state index contributed by atoms with van der Waals surface area (Å²) < 4.78 is 5.41. The first-order chi connectivity index (χ1) is 9.58. The average Bonchev–Trinajstić information content (AvgIpc) is 2.40. The number of nitrogens with two attached hydrogens (primary N) is 1. The molecule has 5 nitrogen and oxygen atoms in total. The topological polar surface area (TPSA) is 73.1 Å². The molecule has 0 unspecified atom stereocenters. The van der Waals surface area contributed by atoms with Crippen molar-refractivity contribution < 1.29 is 4.74 Å². The molecule has 106 valence electrons. The number of nitrogens with zero attached hydrogens (tertiary/aromatic N) is 2. The van der Waals surface area contributed by atoms with Crippen LogP contribution in [0.3, 0.4) is 0 Å². The van der Waals surface area contributed by atoms with Gasteiger partial charge in [-0.3, -0.25) is 0 Å². The van der Waals surface area contributed by atoms with Gasteiger partial charge in [0.1, 0.15) is 23.2 Å². The summed E-state index contributed by atoms with van der Waals surface area (Å²) in [6, 6.07) is 9.44. The SMILES string of the molecule is CCOc1ccc(Nc2cc(N)nc(C(C)C)n2)cc1. The summed E-state index contributed by atoms with van der Waals surface area (Å²) in [4.78, 5) is 8.67. The predicted molar refractivity (Wildman–Crippen MR) is 81.4 cm³/mol. The van der Waals surface area contributed by atoms with Crippen LogP contribution >= 0.6 is 0 Å². The van der Waals surface area contributed by atoms with Gasteiger partial charge in [0, 0.05) is 17.7 Å². The van der Waals surface area contributed by atoms with Crippen molar-refractivity contribution in [3.63, 3.8) is 0 Å². The maximum absolute atomic E-state index is 5.80. The molecule has 0 spiro atoms. The van der Waals surface area contributed by atoms with Crippen LogP contribution in [0.15, 0.2) is 30.3 Å². The summed E-state index contributed by atoms with van der Waals surface area (Å²) in [5.41, 5.74) is 6.74. The van der Waals surface area contributed by atoms with Crippen LogP contribution in [0.4, 0.5) is 17.3 Å².